The number of carboxylic acid groups (broad SMARTS) is 1. The predicted octanol–water partition coefficient (Wildman–Crippen LogP) is 4.15. The molecule has 1 fully saturated rings. The van der Waals surface area contributed by atoms with E-state index in [1.54, 1.807) is 11.3 Å². The first-order valence-electron chi connectivity index (χ1n) is 6.77. The number of rotatable bonds is 5. The van der Waals surface area contributed by atoms with Crippen LogP contribution in [-0.2, 0) is 4.79 Å². The highest BCUT2D eigenvalue weighted by atomic mass is 79.9. The van der Waals surface area contributed by atoms with Crippen LogP contribution in [0.15, 0.2) is 15.9 Å². The summed E-state index contributed by atoms with van der Waals surface area (Å²) in [5.74, 6) is -0.136. The van der Waals surface area contributed by atoms with Gasteiger partial charge >= 0.3 is 5.97 Å². The van der Waals surface area contributed by atoms with Crippen molar-refractivity contribution in [3.63, 3.8) is 0 Å². The minimum atomic E-state index is -0.674. The van der Waals surface area contributed by atoms with Gasteiger partial charge in [-0.15, -0.1) is 11.3 Å². The number of carboxylic acids is 1. The lowest BCUT2D eigenvalue weighted by molar-refractivity contribution is -0.137. The molecule has 1 aromatic heterocycles. The molecule has 1 saturated heterocycles. The van der Waals surface area contributed by atoms with Crippen LogP contribution in [-0.4, -0.2) is 29.1 Å². The van der Waals surface area contributed by atoms with E-state index < -0.39 is 5.97 Å². The third-order valence-electron chi connectivity index (χ3n) is 3.87. The van der Waals surface area contributed by atoms with Crippen molar-refractivity contribution in [3.8, 4) is 0 Å². The lowest BCUT2D eigenvalue weighted by Crippen LogP contribution is -2.37. The first-order valence-corrected chi connectivity index (χ1v) is 8.38. The first kappa shape index (κ1) is 15.0. The molecule has 1 aliphatic rings. The van der Waals surface area contributed by atoms with Crippen LogP contribution < -0.4 is 0 Å². The topological polar surface area (TPSA) is 40.5 Å². The Balaban J connectivity index is 1.91. The number of thiophene rings is 1. The minimum absolute atomic E-state index is 0.303. The third kappa shape index (κ3) is 4.29. The Morgan fingerprint density at radius 3 is 3.05 bits per heavy atom. The smallest absolute Gasteiger partial charge is 0.303 e. The van der Waals surface area contributed by atoms with Crippen LogP contribution in [0.1, 0.15) is 43.5 Å². The number of nitrogens with zero attached hydrogens (tertiary/aromatic N) is 1. The molecule has 0 amide bonds. The summed E-state index contributed by atoms with van der Waals surface area (Å²) in [4.78, 5) is 14.5. The molecule has 5 heteroatoms. The van der Waals surface area contributed by atoms with E-state index in [1.165, 1.54) is 21.5 Å². The van der Waals surface area contributed by atoms with Gasteiger partial charge in [0.2, 0.25) is 0 Å². The minimum Gasteiger partial charge on any atom is -0.481 e. The summed E-state index contributed by atoms with van der Waals surface area (Å²) in [5, 5.41) is 8.78. The summed E-state index contributed by atoms with van der Waals surface area (Å²) in [6.45, 7) is 4.40. The van der Waals surface area contributed by atoms with E-state index >= 15 is 0 Å². The molecule has 0 aromatic carbocycles. The molecule has 0 radical (unpaired) electrons. The average molecular weight is 346 g/mol. The molecule has 1 aromatic rings. The molecule has 2 heterocycles. The molecule has 19 heavy (non-hydrogen) atoms. The number of hydrogen-bond donors (Lipinski definition) is 1. The molecule has 0 saturated carbocycles. The standard InChI is InChI=1S/C14H20BrNO2S/c1-10(12-5-6-13(15)19-12)16-8-2-3-11(9-16)4-7-14(17)18/h5-6,10-11H,2-4,7-9H2,1H3,(H,17,18). The van der Waals surface area contributed by atoms with E-state index in [1.807, 2.05) is 0 Å². The van der Waals surface area contributed by atoms with E-state index in [0.29, 0.717) is 18.4 Å². The molecule has 106 valence electrons. The van der Waals surface area contributed by atoms with E-state index in [0.717, 1.165) is 19.5 Å². The van der Waals surface area contributed by atoms with Crippen LogP contribution in [0.3, 0.4) is 0 Å². The summed E-state index contributed by atoms with van der Waals surface area (Å²) in [5.41, 5.74) is 0. The number of halogens is 1. The number of aliphatic carboxylic acids is 1. The van der Waals surface area contributed by atoms with Crippen molar-refractivity contribution in [3.05, 3.63) is 20.8 Å². The van der Waals surface area contributed by atoms with Crippen LogP contribution in [0.5, 0.6) is 0 Å². The molecule has 0 spiro atoms. The van der Waals surface area contributed by atoms with Crippen molar-refractivity contribution in [1.29, 1.82) is 0 Å². The second-order valence-corrected chi connectivity index (χ2v) is 7.75. The third-order valence-corrected chi connectivity index (χ3v) is 5.66. The normalized spacial score (nSPS) is 22.3. The lowest BCUT2D eigenvalue weighted by atomic mass is 9.92. The molecule has 2 atom stereocenters. The van der Waals surface area contributed by atoms with Gasteiger partial charge in [-0.2, -0.15) is 0 Å². The van der Waals surface area contributed by atoms with Crippen LogP contribution in [0.4, 0.5) is 0 Å². The average Bonchev–Trinajstić information content (AvgIpc) is 2.82. The quantitative estimate of drug-likeness (QED) is 0.871. The SMILES string of the molecule is CC(c1ccc(Br)s1)N1CCCC(CCC(=O)O)C1. The van der Waals surface area contributed by atoms with Crippen molar-refractivity contribution in [1.82, 2.24) is 4.90 Å². The Labute approximate surface area is 126 Å². The number of hydrogen-bond acceptors (Lipinski definition) is 3. The maximum Gasteiger partial charge on any atom is 0.303 e. The van der Waals surface area contributed by atoms with Crippen LogP contribution >= 0.6 is 27.3 Å². The molecule has 0 bridgehead atoms. The molecular formula is C14H20BrNO2S. The van der Waals surface area contributed by atoms with Crippen molar-refractivity contribution in [2.75, 3.05) is 13.1 Å². The van der Waals surface area contributed by atoms with Gasteiger partial charge in [-0.25, -0.2) is 0 Å². The number of carbonyl (C=O) groups is 1. The van der Waals surface area contributed by atoms with Crippen LogP contribution in [0, 0.1) is 5.92 Å². The van der Waals surface area contributed by atoms with Gasteiger partial charge in [0.05, 0.1) is 3.79 Å². The highest BCUT2D eigenvalue weighted by Crippen LogP contribution is 2.33. The van der Waals surface area contributed by atoms with Gasteiger partial charge in [0, 0.05) is 23.9 Å². The largest absolute Gasteiger partial charge is 0.481 e. The van der Waals surface area contributed by atoms with E-state index in [-0.39, 0.29) is 0 Å². The monoisotopic (exact) mass is 345 g/mol. The summed E-state index contributed by atoms with van der Waals surface area (Å²) < 4.78 is 1.17. The second kappa shape index (κ2) is 6.86. The summed E-state index contributed by atoms with van der Waals surface area (Å²) in [7, 11) is 0. The van der Waals surface area contributed by atoms with Crippen molar-refractivity contribution >= 4 is 33.2 Å². The Hall–Kier alpha value is -0.390. The van der Waals surface area contributed by atoms with Crippen LogP contribution in [0.2, 0.25) is 0 Å². The number of likely N-dealkylation sites (tertiary alicyclic amines) is 1. The molecule has 2 unspecified atom stereocenters. The van der Waals surface area contributed by atoms with Gasteiger partial charge in [0.1, 0.15) is 0 Å². The highest BCUT2D eigenvalue weighted by molar-refractivity contribution is 9.11. The molecule has 1 N–H and O–H groups in total. The number of piperidine rings is 1. The van der Waals surface area contributed by atoms with Gasteiger partial charge in [-0.1, -0.05) is 0 Å². The van der Waals surface area contributed by atoms with Gasteiger partial charge in [0.25, 0.3) is 0 Å². The molecule has 3 nitrogen and oxygen atoms in total. The van der Waals surface area contributed by atoms with Gasteiger partial charge in [-0.05, 0) is 66.7 Å². The Morgan fingerprint density at radius 2 is 2.42 bits per heavy atom. The van der Waals surface area contributed by atoms with Crippen LogP contribution in [0.25, 0.3) is 0 Å². The summed E-state index contributed by atoms with van der Waals surface area (Å²) in [6.07, 6.45) is 3.47. The Kier molecular flexibility index (Phi) is 5.42. The fourth-order valence-corrected chi connectivity index (χ4v) is 4.25. The zero-order chi connectivity index (χ0) is 13.8. The maximum atomic E-state index is 10.7. The van der Waals surface area contributed by atoms with Gasteiger partial charge in [-0.3, -0.25) is 9.69 Å². The van der Waals surface area contributed by atoms with E-state index in [2.05, 4.69) is 39.9 Å². The summed E-state index contributed by atoms with van der Waals surface area (Å²) in [6, 6.07) is 4.71. The molecule has 1 aliphatic heterocycles. The zero-order valence-corrected chi connectivity index (χ0v) is 13.5. The van der Waals surface area contributed by atoms with Crippen molar-refractivity contribution in [2.45, 2.75) is 38.6 Å². The fraction of sp³-hybridized carbons (Fsp3) is 0.643. The molecular weight excluding hydrogens is 326 g/mol. The molecule has 2 rings (SSSR count). The maximum absolute atomic E-state index is 10.7. The van der Waals surface area contributed by atoms with Gasteiger partial charge < -0.3 is 5.11 Å². The molecule has 0 aliphatic carbocycles. The Bertz CT molecular complexity index is 435. The van der Waals surface area contributed by atoms with Gasteiger partial charge in [0.15, 0.2) is 0 Å². The van der Waals surface area contributed by atoms with E-state index in [9.17, 15) is 4.79 Å². The predicted molar refractivity (Wildman–Crippen MR) is 81.6 cm³/mol. The first-order chi connectivity index (χ1) is 9.06. The highest BCUT2D eigenvalue weighted by Gasteiger charge is 2.25. The fourth-order valence-electron chi connectivity index (χ4n) is 2.75. The second-order valence-electron chi connectivity index (χ2n) is 5.25. The summed E-state index contributed by atoms with van der Waals surface area (Å²) >= 11 is 5.30. The zero-order valence-electron chi connectivity index (χ0n) is 11.1. The van der Waals surface area contributed by atoms with Crippen molar-refractivity contribution < 1.29 is 9.90 Å². The van der Waals surface area contributed by atoms with Crippen molar-refractivity contribution in [2.24, 2.45) is 5.92 Å². The Morgan fingerprint density at radius 1 is 1.63 bits per heavy atom. The van der Waals surface area contributed by atoms with E-state index in [4.69, 9.17) is 5.11 Å². The lowest BCUT2D eigenvalue weighted by Gasteiger charge is -2.36.